The summed E-state index contributed by atoms with van der Waals surface area (Å²) in [5.41, 5.74) is 9.02. The number of aromatic nitrogens is 1. The third-order valence-electron chi connectivity index (χ3n) is 4.71. The maximum absolute atomic E-state index is 14.9. The number of benzene rings is 1. The van der Waals surface area contributed by atoms with Crippen molar-refractivity contribution in [1.29, 1.82) is 0 Å². The minimum Gasteiger partial charge on any atom is -0.384 e. The number of halogens is 2. The highest BCUT2D eigenvalue weighted by Gasteiger charge is 2.12. The van der Waals surface area contributed by atoms with Crippen LogP contribution in [0.15, 0.2) is 71.8 Å². The summed E-state index contributed by atoms with van der Waals surface area (Å²) in [4.78, 5) is 10.5. The second-order valence-electron chi connectivity index (χ2n) is 7.34. The number of rotatable bonds is 11. The van der Waals surface area contributed by atoms with Gasteiger partial charge in [-0.3, -0.25) is 0 Å². The zero-order valence-electron chi connectivity index (χ0n) is 19.0. The highest BCUT2D eigenvalue weighted by molar-refractivity contribution is 6.31. The molecule has 0 aliphatic rings. The minimum atomic E-state index is -0.500. The van der Waals surface area contributed by atoms with Crippen LogP contribution in [0.25, 0.3) is 11.1 Å². The van der Waals surface area contributed by atoms with Gasteiger partial charge in [-0.05, 0) is 49.6 Å². The number of pyridine rings is 1. The molecule has 0 radical (unpaired) electrons. The molecular weight excluding hydrogens is 425 g/mol. The molecule has 0 amide bonds. The van der Waals surface area contributed by atoms with Crippen molar-refractivity contribution in [3.63, 3.8) is 0 Å². The molecule has 3 N–H and O–H groups in total. The molecule has 0 saturated carbocycles. The molecule has 0 aliphatic carbocycles. The van der Waals surface area contributed by atoms with Gasteiger partial charge in [0.2, 0.25) is 0 Å². The number of nitrogens with two attached hydrogens (primary N) is 1. The van der Waals surface area contributed by atoms with Gasteiger partial charge in [0.05, 0.1) is 0 Å². The monoisotopic (exact) mass is 455 g/mol. The lowest BCUT2D eigenvalue weighted by Crippen LogP contribution is -2.24. The van der Waals surface area contributed by atoms with E-state index in [-0.39, 0.29) is 11.6 Å². The first kappa shape index (κ1) is 25.1. The number of allylic oxidation sites excluding steroid dienone is 2. The van der Waals surface area contributed by atoms with Crippen molar-refractivity contribution in [3.8, 4) is 11.1 Å². The summed E-state index contributed by atoms with van der Waals surface area (Å²) < 4.78 is 14.9. The lowest BCUT2D eigenvalue weighted by Gasteiger charge is -2.24. The smallest absolute Gasteiger partial charge is 0.166 e. The van der Waals surface area contributed by atoms with E-state index < -0.39 is 5.82 Å². The fourth-order valence-electron chi connectivity index (χ4n) is 3.22. The van der Waals surface area contributed by atoms with Crippen molar-refractivity contribution in [2.24, 2.45) is 10.7 Å². The Morgan fingerprint density at radius 1 is 1.19 bits per heavy atom. The normalized spacial score (nSPS) is 11.6. The van der Waals surface area contributed by atoms with Crippen LogP contribution in [-0.4, -0.2) is 24.3 Å². The first-order valence-corrected chi connectivity index (χ1v) is 11.0. The number of hydrogen-bond acceptors (Lipinski definition) is 5. The number of nitrogens with one attached hydrogen (secondary N) is 1. The summed E-state index contributed by atoms with van der Waals surface area (Å²) in [5.74, 6) is -0.262. The average Bonchev–Trinajstić information content (AvgIpc) is 2.74. The summed E-state index contributed by atoms with van der Waals surface area (Å²) in [5, 5.41) is 3.49. The van der Waals surface area contributed by atoms with Crippen LogP contribution in [0, 0.1) is 5.82 Å². The van der Waals surface area contributed by atoms with Gasteiger partial charge in [0.1, 0.15) is 5.82 Å². The Morgan fingerprint density at radius 3 is 2.44 bits per heavy atom. The van der Waals surface area contributed by atoms with Gasteiger partial charge < -0.3 is 16.0 Å². The molecule has 0 aliphatic heterocycles. The first-order valence-electron chi connectivity index (χ1n) is 10.6. The Morgan fingerprint density at radius 2 is 1.88 bits per heavy atom. The molecule has 170 valence electrons. The van der Waals surface area contributed by atoms with E-state index in [1.807, 2.05) is 25.1 Å². The van der Waals surface area contributed by atoms with Gasteiger partial charge in [0.25, 0.3) is 0 Å². The van der Waals surface area contributed by atoms with E-state index in [0.717, 1.165) is 37.2 Å². The fraction of sp³-hybridized carbons (Fsp3) is 0.280. The quantitative estimate of drug-likeness (QED) is 0.298. The van der Waals surface area contributed by atoms with Crippen molar-refractivity contribution in [1.82, 2.24) is 4.98 Å². The number of anilines is 2. The molecule has 1 aromatic heterocycles. The van der Waals surface area contributed by atoms with Gasteiger partial charge in [-0.1, -0.05) is 44.7 Å². The standard InChI is InChI=1S/C25H31ClFN5/c1-6-9-32(10-7-2)23-12-20(11-22(26)14-23)21-13-24(27)25(30-16-21)31-17(4)19(8-3)15-29-18(5)28/h8,11-16H,4-7,9-10,28H2,1-3H3,(H,30,31)/b19-8+,29-15?. The Balaban J connectivity index is 2.30. The minimum absolute atomic E-state index is 0.0684. The van der Waals surface area contributed by atoms with Crippen LogP contribution in [0.4, 0.5) is 15.9 Å². The molecular formula is C25H31ClFN5. The number of aliphatic imine (C=N–C) groups is 1. The van der Waals surface area contributed by atoms with Crippen LogP contribution in [0.2, 0.25) is 5.02 Å². The van der Waals surface area contributed by atoms with Crippen molar-refractivity contribution >= 4 is 29.3 Å². The highest BCUT2D eigenvalue weighted by Crippen LogP contribution is 2.31. The molecule has 0 spiro atoms. The molecule has 0 fully saturated rings. The second-order valence-corrected chi connectivity index (χ2v) is 7.77. The zero-order chi connectivity index (χ0) is 23.7. The van der Waals surface area contributed by atoms with Crippen LogP contribution in [0.1, 0.15) is 33.6 Å². The van der Waals surface area contributed by atoms with Gasteiger partial charge in [-0.25, -0.2) is 14.4 Å². The molecule has 0 atom stereocenters. The predicted octanol–water partition coefficient (Wildman–Crippen LogP) is 6.54. The van der Waals surface area contributed by atoms with Crippen LogP contribution in [0.5, 0.6) is 0 Å². The average molecular weight is 456 g/mol. The summed E-state index contributed by atoms with van der Waals surface area (Å²) in [6.45, 7) is 15.4. The van der Waals surface area contributed by atoms with Crippen LogP contribution < -0.4 is 16.0 Å². The molecule has 1 heterocycles. The third-order valence-corrected chi connectivity index (χ3v) is 4.93. The predicted molar refractivity (Wildman–Crippen MR) is 136 cm³/mol. The second kappa shape index (κ2) is 12.1. The van der Waals surface area contributed by atoms with Crippen molar-refractivity contribution in [2.75, 3.05) is 23.3 Å². The first-order chi connectivity index (χ1) is 15.3. The van der Waals surface area contributed by atoms with Crippen LogP contribution in [0.3, 0.4) is 0 Å². The Bertz CT molecular complexity index is 1020. The molecule has 0 unspecified atom stereocenters. The zero-order valence-corrected chi connectivity index (χ0v) is 19.7. The Hall–Kier alpha value is -3.12. The SMILES string of the molecule is C=C(N)N=C/C(=C\C)C(=C)Nc1ncc(-c2cc(Cl)cc(N(CCC)CCC)c2)cc1F. The maximum atomic E-state index is 14.9. The molecule has 5 nitrogen and oxygen atoms in total. The molecule has 7 heteroatoms. The number of hydrogen-bond donors (Lipinski definition) is 2. The van der Waals surface area contributed by atoms with Gasteiger partial charge in [0, 0.05) is 53.0 Å². The van der Waals surface area contributed by atoms with Crippen molar-refractivity contribution < 1.29 is 4.39 Å². The molecule has 32 heavy (non-hydrogen) atoms. The van der Waals surface area contributed by atoms with Crippen LogP contribution >= 0.6 is 11.6 Å². The molecule has 0 saturated heterocycles. The van der Waals surface area contributed by atoms with E-state index in [1.165, 1.54) is 12.3 Å². The van der Waals surface area contributed by atoms with E-state index in [1.54, 1.807) is 12.3 Å². The largest absolute Gasteiger partial charge is 0.384 e. The van der Waals surface area contributed by atoms with E-state index in [9.17, 15) is 4.39 Å². The molecule has 2 aromatic rings. The summed E-state index contributed by atoms with van der Waals surface area (Å²) in [6, 6.07) is 7.22. The third kappa shape index (κ3) is 6.95. The fourth-order valence-corrected chi connectivity index (χ4v) is 3.44. The molecule has 1 aromatic carbocycles. The molecule has 2 rings (SSSR count). The van der Waals surface area contributed by atoms with Gasteiger partial charge in [0.15, 0.2) is 11.6 Å². The molecule has 0 bridgehead atoms. The summed E-state index contributed by atoms with van der Waals surface area (Å²) in [6.07, 6.45) is 6.96. The van der Waals surface area contributed by atoms with Crippen LogP contribution in [-0.2, 0) is 0 Å². The van der Waals surface area contributed by atoms with Gasteiger partial charge in [-0.2, -0.15) is 0 Å². The van der Waals surface area contributed by atoms with E-state index in [4.69, 9.17) is 17.3 Å². The van der Waals surface area contributed by atoms with E-state index >= 15 is 0 Å². The lowest BCUT2D eigenvalue weighted by molar-refractivity contribution is 0.626. The van der Waals surface area contributed by atoms with Gasteiger partial charge in [-0.15, -0.1) is 0 Å². The highest BCUT2D eigenvalue weighted by atomic mass is 35.5. The Kier molecular flexibility index (Phi) is 9.47. The Labute approximate surface area is 195 Å². The maximum Gasteiger partial charge on any atom is 0.166 e. The summed E-state index contributed by atoms with van der Waals surface area (Å²) >= 11 is 6.39. The van der Waals surface area contributed by atoms with E-state index in [2.05, 4.69) is 47.2 Å². The van der Waals surface area contributed by atoms with Gasteiger partial charge >= 0.3 is 0 Å². The topological polar surface area (TPSA) is 66.5 Å². The number of nitrogens with zero attached hydrogens (tertiary/aromatic N) is 3. The van der Waals surface area contributed by atoms with Crippen molar-refractivity contribution in [2.45, 2.75) is 33.6 Å². The summed E-state index contributed by atoms with van der Waals surface area (Å²) in [7, 11) is 0. The van der Waals surface area contributed by atoms with E-state index in [0.29, 0.717) is 21.9 Å². The van der Waals surface area contributed by atoms with Crippen molar-refractivity contribution in [3.05, 3.63) is 77.6 Å². The lowest BCUT2D eigenvalue weighted by atomic mass is 10.1.